The van der Waals surface area contributed by atoms with Gasteiger partial charge in [0.2, 0.25) is 0 Å². The molecule has 4 N–H and O–H groups in total. The normalized spacial score (nSPS) is 7.50. The van der Waals surface area contributed by atoms with Gasteiger partial charge in [0.25, 0.3) is 0 Å². The molecule has 0 saturated carbocycles. The SMILES string of the molecule is O[Si](O)(O)O.[Ag+].[Al+3].[Na+]. The fourth-order valence-corrected chi connectivity index (χ4v) is 0. The summed E-state index contributed by atoms with van der Waals surface area (Å²) < 4.78 is 0. The molecule has 0 aromatic carbocycles. The average Bonchev–Trinajstić information content (AvgIpc) is 0.722. The van der Waals surface area contributed by atoms with Crippen LogP contribution in [0.4, 0.5) is 0 Å². The van der Waals surface area contributed by atoms with E-state index in [-0.39, 0.29) is 69.3 Å². The van der Waals surface area contributed by atoms with Gasteiger partial charge in [0, 0.05) is 0 Å². The van der Waals surface area contributed by atoms with E-state index in [1.54, 1.807) is 0 Å². The maximum Gasteiger partial charge on any atom is 3.00 e. The summed E-state index contributed by atoms with van der Waals surface area (Å²) in [7, 11) is -4.61. The maximum absolute atomic E-state index is 7.33. The van der Waals surface area contributed by atoms with E-state index in [0.29, 0.717) is 0 Å². The van der Waals surface area contributed by atoms with E-state index >= 15 is 0 Å². The van der Waals surface area contributed by atoms with E-state index in [1.165, 1.54) is 0 Å². The van der Waals surface area contributed by atoms with Crippen LogP contribution in [0.15, 0.2) is 0 Å². The van der Waals surface area contributed by atoms with Crippen molar-refractivity contribution < 1.29 is 71.1 Å². The van der Waals surface area contributed by atoms with E-state index in [1.807, 2.05) is 0 Å². The Morgan fingerprint density at radius 2 is 0.875 bits per heavy atom. The first-order valence-electron chi connectivity index (χ1n) is 0.894. The Kier molecular flexibility index (Phi) is 26.2. The fourth-order valence-electron chi connectivity index (χ4n) is 0. The number of rotatable bonds is 0. The second-order valence-corrected chi connectivity index (χ2v) is 1.80. The van der Waals surface area contributed by atoms with Gasteiger partial charge in [-0.05, 0) is 0 Å². The molecule has 42 valence electrons. The quantitative estimate of drug-likeness (QED) is 0.324. The van der Waals surface area contributed by atoms with Gasteiger partial charge >= 0.3 is 78.3 Å². The Labute approximate surface area is 96.3 Å². The number of hydrogen-bond donors (Lipinski definition) is 4. The van der Waals surface area contributed by atoms with E-state index in [2.05, 4.69) is 0 Å². The molecule has 0 unspecified atom stereocenters. The first-order chi connectivity index (χ1) is 2.00. The fraction of sp³-hybridized carbons (Fsp3) is 0. The van der Waals surface area contributed by atoms with Crippen molar-refractivity contribution in [2.45, 2.75) is 0 Å². The van der Waals surface area contributed by atoms with Gasteiger partial charge < -0.3 is 19.2 Å². The van der Waals surface area contributed by atoms with Gasteiger partial charge in [-0.2, -0.15) is 0 Å². The summed E-state index contributed by atoms with van der Waals surface area (Å²) >= 11 is 0. The first-order valence-corrected chi connectivity index (χ1v) is 2.68. The molecule has 4 nitrogen and oxygen atoms in total. The van der Waals surface area contributed by atoms with Crippen molar-refractivity contribution in [1.29, 1.82) is 0 Å². The zero-order valence-corrected chi connectivity index (χ0v) is 9.80. The van der Waals surface area contributed by atoms with Crippen molar-refractivity contribution in [3.05, 3.63) is 0 Å². The van der Waals surface area contributed by atoms with E-state index in [0.717, 1.165) is 0 Å². The maximum atomic E-state index is 7.33. The Balaban J connectivity index is -0.0000000267. The zero-order valence-electron chi connectivity index (χ0n) is 4.17. The van der Waals surface area contributed by atoms with Crippen molar-refractivity contribution >= 4 is 26.4 Å². The minimum absolute atomic E-state index is 0. The average molecular weight is 254 g/mol. The topological polar surface area (TPSA) is 80.9 Å². The van der Waals surface area contributed by atoms with Crippen LogP contribution in [0, 0.1) is 0 Å². The van der Waals surface area contributed by atoms with Crippen LogP contribution < -0.4 is 29.6 Å². The van der Waals surface area contributed by atoms with E-state index in [9.17, 15) is 0 Å². The third-order valence-electron chi connectivity index (χ3n) is 0. The second-order valence-electron chi connectivity index (χ2n) is 0.600. The van der Waals surface area contributed by atoms with Gasteiger partial charge in [-0.15, -0.1) is 0 Å². The van der Waals surface area contributed by atoms with Crippen LogP contribution in [-0.2, 0) is 22.4 Å². The standard InChI is InChI=1S/Ag.Al.Na.H4O4Si/c;;;1-5(2,3)4/h;;;1-4H/q+1;+3;+1;. The predicted octanol–water partition coefficient (Wildman–Crippen LogP) is -5.99. The van der Waals surface area contributed by atoms with Gasteiger partial charge in [-0.1, -0.05) is 0 Å². The molecule has 0 aromatic rings. The Bertz CT molecular complexity index is 31.5. The van der Waals surface area contributed by atoms with Gasteiger partial charge in [-0.25, -0.2) is 0 Å². The van der Waals surface area contributed by atoms with Crippen LogP contribution >= 0.6 is 0 Å². The van der Waals surface area contributed by atoms with Crippen molar-refractivity contribution in [3.8, 4) is 0 Å². The Morgan fingerprint density at radius 3 is 0.875 bits per heavy atom. The smallest absolute Gasteiger partial charge is 0.368 e. The summed E-state index contributed by atoms with van der Waals surface area (Å²) in [5.74, 6) is 0. The van der Waals surface area contributed by atoms with Gasteiger partial charge in [-0.3, -0.25) is 0 Å². The van der Waals surface area contributed by atoms with Crippen molar-refractivity contribution in [2.75, 3.05) is 0 Å². The molecule has 0 rings (SSSR count). The third kappa shape index (κ3) is 82.5. The van der Waals surface area contributed by atoms with Crippen LogP contribution in [-0.4, -0.2) is 45.6 Å². The molecule has 0 radical (unpaired) electrons. The molecular weight excluding hydrogens is 250 g/mol. The van der Waals surface area contributed by atoms with Crippen molar-refractivity contribution in [2.24, 2.45) is 0 Å². The summed E-state index contributed by atoms with van der Waals surface area (Å²) in [6, 6.07) is 0. The monoisotopic (exact) mass is 253 g/mol. The summed E-state index contributed by atoms with van der Waals surface area (Å²) in [6.45, 7) is 0. The Hall–Kier alpha value is 2.33. The number of hydrogen-bond acceptors (Lipinski definition) is 4. The molecule has 0 amide bonds. The molecule has 0 heterocycles. The summed E-state index contributed by atoms with van der Waals surface area (Å²) in [6.07, 6.45) is 0. The molecule has 0 fully saturated rings. The summed E-state index contributed by atoms with van der Waals surface area (Å²) in [5, 5.41) is 0. The largest absolute Gasteiger partial charge is 3.00 e. The molecule has 0 atom stereocenters. The molecule has 0 aromatic heterocycles. The molecule has 0 saturated heterocycles. The molecule has 0 bridgehead atoms. The van der Waals surface area contributed by atoms with Crippen LogP contribution in [0.25, 0.3) is 0 Å². The van der Waals surface area contributed by atoms with E-state index < -0.39 is 9.05 Å². The molecule has 8 heavy (non-hydrogen) atoms. The first kappa shape index (κ1) is 22.4. The predicted molar refractivity (Wildman–Crippen MR) is 20.4 cm³/mol. The minimum Gasteiger partial charge on any atom is -0.368 e. The Morgan fingerprint density at radius 1 is 0.875 bits per heavy atom. The molecule has 0 spiro atoms. The molecule has 8 heteroatoms. The second kappa shape index (κ2) is 9.33. The van der Waals surface area contributed by atoms with Crippen LogP contribution in [0.5, 0.6) is 0 Å². The van der Waals surface area contributed by atoms with Gasteiger partial charge in [0.15, 0.2) is 0 Å². The summed E-state index contributed by atoms with van der Waals surface area (Å²) in [5.41, 5.74) is 0. The molecule has 0 aliphatic heterocycles. The summed E-state index contributed by atoms with van der Waals surface area (Å²) in [4.78, 5) is 29.3. The van der Waals surface area contributed by atoms with Crippen LogP contribution in [0.3, 0.4) is 0 Å². The minimum atomic E-state index is -4.61. The van der Waals surface area contributed by atoms with Crippen LogP contribution in [0.2, 0.25) is 0 Å². The van der Waals surface area contributed by atoms with Crippen LogP contribution in [0.1, 0.15) is 0 Å². The molecular formula is H4AgAlNaO4Si+5. The molecule has 0 aliphatic carbocycles. The van der Waals surface area contributed by atoms with Gasteiger partial charge in [0.1, 0.15) is 0 Å². The zero-order chi connectivity index (χ0) is 4.50. The van der Waals surface area contributed by atoms with Crippen molar-refractivity contribution in [1.82, 2.24) is 0 Å². The van der Waals surface area contributed by atoms with E-state index in [4.69, 9.17) is 19.2 Å². The third-order valence-corrected chi connectivity index (χ3v) is 0. The van der Waals surface area contributed by atoms with Crippen molar-refractivity contribution in [3.63, 3.8) is 0 Å². The van der Waals surface area contributed by atoms with Gasteiger partial charge in [0.05, 0.1) is 0 Å². The molecule has 0 aliphatic rings.